The molecule has 7 heteroatoms. The quantitative estimate of drug-likeness (QED) is 0.718. The summed E-state index contributed by atoms with van der Waals surface area (Å²) in [7, 11) is 0. The summed E-state index contributed by atoms with van der Waals surface area (Å²) >= 11 is 0. The van der Waals surface area contributed by atoms with Gasteiger partial charge in [0.05, 0.1) is 6.54 Å². The Morgan fingerprint density at radius 2 is 1.84 bits per heavy atom. The molecule has 0 atom stereocenters. The first-order valence-corrected chi connectivity index (χ1v) is 7.74. The zero-order valence-corrected chi connectivity index (χ0v) is 13.1. The third-order valence-electron chi connectivity index (χ3n) is 4.05. The Bertz CT molecular complexity index is 920. The average molecular weight is 341 g/mol. The lowest BCUT2D eigenvalue weighted by molar-refractivity contribution is 0.0728. The van der Waals surface area contributed by atoms with Gasteiger partial charge in [-0.25, -0.2) is 13.8 Å². The first kappa shape index (κ1) is 15.4. The fourth-order valence-electron chi connectivity index (χ4n) is 2.85. The van der Waals surface area contributed by atoms with E-state index in [4.69, 9.17) is 4.42 Å². The minimum atomic E-state index is -0.694. The van der Waals surface area contributed by atoms with E-state index in [0.717, 1.165) is 6.07 Å². The topological polar surface area (TPSA) is 59.2 Å². The Morgan fingerprint density at radius 3 is 2.56 bits per heavy atom. The highest BCUT2D eigenvalue weighted by Crippen LogP contribution is 2.27. The van der Waals surface area contributed by atoms with Gasteiger partial charge in [-0.3, -0.25) is 9.78 Å². The highest BCUT2D eigenvalue weighted by molar-refractivity contribution is 5.94. The summed E-state index contributed by atoms with van der Waals surface area (Å²) < 4.78 is 32.4. The molecule has 0 radical (unpaired) electrons. The van der Waals surface area contributed by atoms with Crippen LogP contribution in [0, 0.1) is 11.6 Å². The van der Waals surface area contributed by atoms with Crippen LogP contribution in [0.15, 0.2) is 47.1 Å². The van der Waals surface area contributed by atoms with Crippen molar-refractivity contribution in [2.45, 2.75) is 13.0 Å². The number of fused-ring (bicyclic) bond motifs is 1. The number of aromatic nitrogens is 2. The van der Waals surface area contributed by atoms with E-state index in [1.807, 2.05) is 0 Å². The molecule has 0 bridgehead atoms. The Kier molecular flexibility index (Phi) is 3.76. The van der Waals surface area contributed by atoms with Gasteiger partial charge in [-0.2, -0.15) is 0 Å². The second-order valence-corrected chi connectivity index (χ2v) is 5.76. The van der Waals surface area contributed by atoms with Crippen LogP contribution < -0.4 is 0 Å². The molecule has 0 saturated carbocycles. The number of pyridine rings is 1. The number of amides is 1. The molecule has 2 aromatic heterocycles. The number of hydrogen-bond donors (Lipinski definition) is 0. The van der Waals surface area contributed by atoms with Crippen molar-refractivity contribution in [2.24, 2.45) is 0 Å². The molecule has 1 aliphatic rings. The minimum Gasteiger partial charge on any atom is -0.441 e. The fourth-order valence-corrected chi connectivity index (χ4v) is 2.85. The Balaban J connectivity index is 1.60. The summed E-state index contributed by atoms with van der Waals surface area (Å²) in [5, 5.41) is 0. The van der Waals surface area contributed by atoms with Crippen LogP contribution >= 0.6 is 0 Å². The number of hydrogen-bond acceptors (Lipinski definition) is 4. The highest BCUT2D eigenvalue weighted by Gasteiger charge is 2.26. The van der Waals surface area contributed by atoms with E-state index in [-0.39, 0.29) is 23.9 Å². The molecule has 3 aromatic rings. The molecule has 126 valence electrons. The summed E-state index contributed by atoms with van der Waals surface area (Å²) in [4.78, 5) is 22.4. The number of carbonyl (C=O) groups excluding carboxylic acids is 1. The van der Waals surface area contributed by atoms with Crippen molar-refractivity contribution in [1.82, 2.24) is 14.9 Å². The van der Waals surface area contributed by atoms with E-state index in [1.54, 1.807) is 29.4 Å². The molecule has 0 unspecified atom stereocenters. The Morgan fingerprint density at radius 1 is 1.12 bits per heavy atom. The maximum atomic E-state index is 13.4. The van der Waals surface area contributed by atoms with Gasteiger partial charge in [0.25, 0.3) is 5.91 Å². The first-order valence-electron chi connectivity index (χ1n) is 7.74. The molecule has 0 N–H and O–H groups in total. The van der Waals surface area contributed by atoms with Gasteiger partial charge in [-0.15, -0.1) is 0 Å². The number of halogens is 2. The number of benzene rings is 1. The monoisotopic (exact) mass is 341 g/mol. The molecular weight excluding hydrogens is 328 g/mol. The summed E-state index contributed by atoms with van der Waals surface area (Å²) in [5.41, 5.74) is 1.39. The van der Waals surface area contributed by atoms with E-state index in [9.17, 15) is 13.6 Å². The van der Waals surface area contributed by atoms with Crippen LogP contribution in [0.4, 0.5) is 8.78 Å². The predicted molar refractivity (Wildman–Crippen MR) is 84.5 cm³/mol. The van der Waals surface area contributed by atoms with Gasteiger partial charge in [0, 0.05) is 42.6 Å². The third kappa shape index (κ3) is 3.00. The van der Waals surface area contributed by atoms with Gasteiger partial charge in [-0.05, 0) is 24.3 Å². The lowest BCUT2D eigenvalue weighted by Crippen LogP contribution is -2.35. The smallest absolute Gasteiger partial charge is 0.254 e. The summed E-state index contributed by atoms with van der Waals surface area (Å²) in [6.45, 7) is 0.776. The molecule has 5 nitrogen and oxygen atoms in total. The molecule has 0 aliphatic carbocycles. The van der Waals surface area contributed by atoms with Crippen LogP contribution in [0.2, 0.25) is 0 Å². The maximum absolute atomic E-state index is 13.4. The van der Waals surface area contributed by atoms with Crippen LogP contribution in [0.25, 0.3) is 11.5 Å². The molecule has 4 rings (SSSR count). The lowest BCUT2D eigenvalue weighted by Gasteiger charge is -2.25. The molecule has 1 aliphatic heterocycles. The summed E-state index contributed by atoms with van der Waals surface area (Å²) in [5.74, 6) is -0.712. The largest absolute Gasteiger partial charge is 0.441 e. The minimum absolute atomic E-state index is 0.116. The Labute approximate surface area is 141 Å². The van der Waals surface area contributed by atoms with Gasteiger partial charge >= 0.3 is 0 Å². The van der Waals surface area contributed by atoms with E-state index in [0.29, 0.717) is 30.0 Å². The number of nitrogens with zero attached hydrogens (tertiary/aromatic N) is 3. The Hall–Kier alpha value is -3.09. The van der Waals surface area contributed by atoms with Crippen LogP contribution in [0.5, 0.6) is 0 Å². The zero-order valence-electron chi connectivity index (χ0n) is 13.1. The fraction of sp³-hybridized carbons (Fsp3) is 0.167. The number of rotatable bonds is 2. The molecule has 1 aromatic carbocycles. The van der Waals surface area contributed by atoms with Crippen molar-refractivity contribution in [3.8, 4) is 11.5 Å². The molecule has 0 saturated heterocycles. The van der Waals surface area contributed by atoms with Crippen LogP contribution in [0.3, 0.4) is 0 Å². The number of oxazole rings is 1. The van der Waals surface area contributed by atoms with Gasteiger partial charge in [0.2, 0.25) is 5.89 Å². The van der Waals surface area contributed by atoms with Gasteiger partial charge in [-0.1, -0.05) is 0 Å². The summed E-state index contributed by atoms with van der Waals surface area (Å²) in [6, 6.07) is 6.44. The molecular formula is C18H13F2N3O2. The molecule has 25 heavy (non-hydrogen) atoms. The molecule has 1 amide bonds. The van der Waals surface area contributed by atoms with Gasteiger partial charge in [0.1, 0.15) is 23.1 Å². The van der Waals surface area contributed by atoms with Crippen molar-refractivity contribution < 1.29 is 18.0 Å². The second kappa shape index (κ2) is 6.08. The maximum Gasteiger partial charge on any atom is 0.254 e. The summed E-state index contributed by atoms with van der Waals surface area (Å²) in [6.07, 6.45) is 3.63. The normalized spacial score (nSPS) is 13.6. The number of carbonyl (C=O) groups is 1. The molecule has 0 spiro atoms. The van der Waals surface area contributed by atoms with E-state index < -0.39 is 11.6 Å². The first-order chi connectivity index (χ1) is 12.1. The van der Waals surface area contributed by atoms with E-state index in [1.165, 1.54) is 12.1 Å². The second-order valence-electron chi connectivity index (χ2n) is 5.76. The van der Waals surface area contributed by atoms with Gasteiger partial charge in [0.15, 0.2) is 0 Å². The zero-order chi connectivity index (χ0) is 17.4. The lowest BCUT2D eigenvalue weighted by atomic mass is 10.1. The standard InChI is InChI=1S/C18H13F2N3O2/c19-13-7-12(8-14(20)9-13)17-22-15-10-23(6-3-16(15)25-17)18(24)11-1-4-21-5-2-11/h1-2,4-5,7-9H,3,6,10H2. The van der Waals surface area contributed by atoms with Crippen molar-refractivity contribution in [2.75, 3.05) is 6.54 Å². The average Bonchev–Trinajstić information content (AvgIpc) is 3.04. The van der Waals surface area contributed by atoms with E-state index in [2.05, 4.69) is 9.97 Å². The third-order valence-corrected chi connectivity index (χ3v) is 4.05. The molecule has 0 fully saturated rings. The molecule has 3 heterocycles. The van der Waals surface area contributed by atoms with Crippen molar-refractivity contribution in [3.63, 3.8) is 0 Å². The van der Waals surface area contributed by atoms with Crippen LogP contribution in [-0.4, -0.2) is 27.3 Å². The van der Waals surface area contributed by atoms with E-state index >= 15 is 0 Å². The highest BCUT2D eigenvalue weighted by atomic mass is 19.1. The van der Waals surface area contributed by atoms with Crippen molar-refractivity contribution in [1.29, 1.82) is 0 Å². The van der Waals surface area contributed by atoms with Gasteiger partial charge < -0.3 is 9.32 Å². The van der Waals surface area contributed by atoms with Crippen molar-refractivity contribution >= 4 is 5.91 Å². The SMILES string of the molecule is O=C(c1ccncc1)N1CCc2oc(-c3cc(F)cc(F)c3)nc2C1. The van der Waals surface area contributed by atoms with Crippen LogP contribution in [-0.2, 0) is 13.0 Å². The predicted octanol–water partition coefficient (Wildman–Crippen LogP) is 3.21. The van der Waals surface area contributed by atoms with Crippen LogP contribution in [0.1, 0.15) is 21.8 Å². The van der Waals surface area contributed by atoms with Crippen molar-refractivity contribution in [3.05, 3.63) is 71.4 Å².